The van der Waals surface area contributed by atoms with Gasteiger partial charge in [-0.3, -0.25) is 0 Å². The van der Waals surface area contributed by atoms with E-state index in [9.17, 15) is 5.26 Å². The Morgan fingerprint density at radius 2 is 1.67 bits per heavy atom. The summed E-state index contributed by atoms with van der Waals surface area (Å²) in [5.74, 6) is 1.44. The third-order valence-electron chi connectivity index (χ3n) is 5.04. The van der Waals surface area contributed by atoms with Crippen LogP contribution in [0.1, 0.15) is 34.6 Å². The number of ether oxygens (including phenoxy) is 1. The lowest BCUT2D eigenvalue weighted by Crippen LogP contribution is -2.17. The average molecular weight is 354 g/mol. The molecule has 3 heteroatoms. The first-order valence-electron chi connectivity index (χ1n) is 9.31. The van der Waals surface area contributed by atoms with E-state index in [1.807, 2.05) is 42.5 Å². The zero-order chi connectivity index (χ0) is 18.5. The molecule has 4 rings (SSSR count). The molecular weight excluding hydrogens is 332 g/mol. The Balaban J connectivity index is 1.28. The first-order valence-corrected chi connectivity index (χ1v) is 9.31. The Kier molecular flexibility index (Phi) is 5.18. The lowest BCUT2D eigenvalue weighted by molar-refractivity contribution is 0.306. The summed E-state index contributed by atoms with van der Waals surface area (Å²) in [5, 5.41) is 12.8. The largest absolute Gasteiger partial charge is 0.489 e. The third-order valence-corrected chi connectivity index (χ3v) is 5.04. The summed E-state index contributed by atoms with van der Waals surface area (Å²) in [6.07, 6.45) is 1.14. The zero-order valence-corrected chi connectivity index (χ0v) is 15.1. The molecule has 1 aliphatic rings. The molecule has 2 atom stereocenters. The van der Waals surface area contributed by atoms with Crippen molar-refractivity contribution in [2.75, 3.05) is 0 Å². The molecular formula is C24H22N2O. The van der Waals surface area contributed by atoms with Crippen LogP contribution in [0.4, 0.5) is 0 Å². The van der Waals surface area contributed by atoms with Crippen molar-refractivity contribution in [3.63, 3.8) is 0 Å². The van der Waals surface area contributed by atoms with E-state index >= 15 is 0 Å². The van der Waals surface area contributed by atoms with E-state index in [2.05, 4.69) is 47.8 Å². The number of hydrogen-bond acceptors (Lipinski definition) is 3. The quantitative estimate of drug-likeness (QED) is 0.664. The zero-order valence-electron chi connectivity index (χ0n) is 15.1. The average Bonchev–Trinajstić information content (AvgIpc) is 3.52. The van der Waals surface area contributed by atoms with Crippen molar-refractivity contribution in [2.24, 2.45) is 0 Å². The Hall–Kier alpha value is -3.09. The van der Waals surface area contributed by atoms with Gasteiger partial charge in [0.15, 0.2) is 0 Å². The molecule has 1 N–H and O–H groups in total. The second-order valence-electron chi connectivity index (χ2n) is 6.94. The van der Waals surface area contributed by atoms with E-state index in [1.165, 1.54) is 11.1 Å². The standard InChI is InChI=1S/C24H22N2O/c25-15-20-8-4-5-9-21(20)16-26-24-14-23(24)19-10-12-22(13-11-19)27-17-18-6-2-1-3-7-18/h1-13,23-24,26H,14,16-17H2. The molecule has 0 aliphatic heterocycles. The van der Waals surface area contributed by atoms with Crippen molar-refractivity contribution in [1.29, 1.82) is 5.26 Å². The van der Waals surface area contributed by atoms with Gasteiger partial charge in [0, 0.05) is 18.5 Å². The Morgan fingerprint density at radius 3 is 2.44 bits per heavy atom. The van der Waals surface area contributed by atoms with Gasteiger partial charge in [-0.1, -0.05) is 60.7 Å². The number of benzene rings is 3. The first-order chi connectivity index (χ1) is 13.3. The second kappa shape index (κ2) is 8.07. The van der Waals surface area contributed by atoms with Crippen LogP contribution in [0.15, 0.2) is 78.9 Å². The SMILES string of the molecule is N#Cc1ccccc1CNC1CC1c1ccc(OCc2ccccc2)cc1. The van der Waals surface area contributed by atoms with Crippen LogP contribution in [0.5, 0.6) is 5.75 Å². The predicted molar refractivity (Wildman–Crippen MR) is 106 cm³/mol. The fraction of sp³-hybridized carbons (Fsp3) is 0.208. The summed E-state index contributed by atoms with van der Waals surface area (Å²) in [5.41, 5.74) is 4.33. The number of nitrogens with zero attached hydrogens (tertiary/aromatic N) is 1. The monoisotopic (exact) mass is 354 g/mol. The molecule has 1 saturated carbocycles. The lowest BCUT2D eigenvalue weighted by atomic mass is 10.1. The number of rotatable bonds is 7. The van der Waals surface area contributed by atoms with Gasteiger partial charge in [0.25, 0.3) is 0 Å². The van der Waals surface area contributed by atoms with Crippen LogP contribution in [-0.2, 0) is 13.2 Å². The molecule has 0 saturated heterocycles. The molecule has 2 unspecified atom stereocenters. The topological polar surface area (TPSA) is 45.0 Å². The molecule has 0 heterocycles. The normalized spacial score (nSPS) is 17.9. The Bertz CT molecular complexity index is 929. The molecule has 3 nitrogen and oxygen atoms in total. The minimum atomic E-state index is 0.479. The van der Waals surface area contributed by atoms with Crippen LogP contribution in [0.3, 0.4) is 0 Å². The van der Waals surface area contributed by atoms with Crippen molar-refractivity contribution >= 4 is 0 Å². The molecule has 3 aromatic rings. The van der Waals surface area contributed by atoms with E-state index in [4.69, 9.17) is 4.74 Å². The summed E-state index contributed by atoms with van der Waals surface area (Å²) in [6.45, 7) is 1.33. The predicted octanol–water partition coefficient (Wildman–Crippen LogP) is 4.78. The van der Waals surface area contributed by atoms with Crippen molar-refractivity contribution in [3.05, 3.63) is 101 Å². The minimum Gasteiger partial charge on any atom is -0.489 e. The third kappa shape index (κ3) is 4.36. The van der Waals surface area contributed by atoms with Crippen molar-refractivity contribution in [3.8, 4) is 11.8 Å². The molecule has 134 valence electrons. The molecule has 0 radical (unpaired) electrons. The number of hydrogen-bond donors (Lipinski definition) is 1. The van der Waals surface area contributed by atoms with Gasteiger partial charge in [-0.05, 0) is 41.3 Å². The van der Waals surface area contributed by atoms with E-state index in [1.54, 1.807) is 0 Å². The molecule has 3 aromatic carbocycles. The Labute approximate surface area is 160 Å². The molecule has 0 amide bonds. The maximum absolute atomic E-state index is 9.18. The molecule has 27 heavy (non-hydrogen) atoms. The van der Waals surface area contributed by atoms with Crippen LogP contribution in [0.2, 0.25) is 0 Å². The Morgan fingerprint density at radius 1 is 0.926 bits per heavy atom. The number of nitriles is 1. The second-order valence-corrected chi connectivity index (χ2v) is 6.94. The van der Waals surface area contributed by atoms with Crippen LogP contribution >= 0.6 is 0 Å². The summed E-state index contributed by atoms with van der Waals surface area (Å²) < 4.78 is 5.86. The van der Waals surface area contributed by atoms with Gasteiger partial charge >= 0.3 is 0 Å². The minimum absolute atomic E-state index is 0.479. The van der Waals surface area contributed by atoms with Crippen LogP contribution < -0.4 is 10.1 Å². The van der Waals surface area contributed by atoms with Gasteiger partial charge in [0.1, 0.15) is 12.4 Å². The van der Waals surface area contributed by atoms with Crippen LogP contribution in [0.25, 0.3) is 0 Å². The smallest absolute Gasteiger partial charge is 0.119 e. The van der Waals surface area contributed by atoms with Gasteiger partial charge in [0.2, 0.25) is 0 Å². The van der Waals surface area contributed by atoms with E-state index < -0.39 is 0 Å². The molecule has 1 aliphatic carbocycles. The maximum Gasteiger partial charge on any atom is 0.119 e. The molecule has 0 bridgehead atoms. The summed E-state index contributed by atoms with van der Waals surface area (Å²) in [7, 11) is 0. The van der Waals surface area contributed by atoms with Gasteiger partial charge in [-0.2, -0.15) is 5.26 Å². The lowest BCUT2D eigenvalue weighted by Gasteiger charge is -2.08. The van der Waals surface area contributed by atoms with Crippen LogP contribution in [-0.4, -0.2) is 6.04 Å². The molecule has 1 fully saturated rings. The van der Waals surface area contributed by atoms with Crippen molar-refractivity contribution in [1.82, 2.24) is 5.32 Å². The van der Waals surface area contributed by atoms with Gasteiger partial charge in [-0.15, -0.1) is 0 Å². The summed E-state index contributed by atoms with van der Waals surface area (Å²) >= 11 is 0. The van der Waals surface area contributed by atoms with Gasteiger partial charge in [-0.25, -0.2) is 0 Å². The van der Waals surface area contributed by atoms with Crippen molar-refractivity contribution < 1.29 is 4.74 Å². The van der Waals surface area contributed by atoms with E-state index in [0.29, 0.717) is 18.6 Å². The summed E-state index contributed by atoms with van der Waals surface area (Å²) in [6, 6.07) is 29.1. The highest BCUT2D eigenvalue weighted by atomic mass is 16.5. The number of nitrogens with one attached hydrogen (secondary N) is 1. The fourth-order valence-corrected chi connectivity index (χ4v) is 3.37. The highest BCUT2D eigenvalue weighted by molar-refractivity contribution is 5.38. The van der Waals surface area contributed by atoms with Crippen molar-refractivity contribution in [2.45, 2.75) is 31.5 Å². The van der Waals surface area contributed by atoms with Gasteiger partial charge in [0.05, 0.1) is 11.6 Å². The maximum atomic E-state index is 9.18. The molecule has 0 spiro atoms. The highest BCUT2D eigenvalue weighted by Gasteiger charge is 2.37. The van der Waals surface area contributed by atoms with E-state index in [-0.39, 0.29) is 0 Å². The van der Waals surface area contributed by atoms with E-state index in [0.717, 1.165) is 29.8 Å². The summed E-state index contributed by atoms with van der Waals surface area (Å²) in [4.78, 5) is 0. The van der Waals surface area contributed by atoms with Gasteiger partial charge < -0.3 is 10.1 Å². The highest BCUT2D eigenvalue weighted by Crippen LogP contribution is 2.41. The molecule has 0 aromatic heterocycles. The fourth-order valence-electron chi connectivity index (χ4n) is 3.37. The van der Waals surface area contributed by atoms with Crippen LogP contribution in [0, 0.1) is 11.3 Å². The first kappa shape index (κ1) is 17.3.